The molecule has 1 aromatic carbocycles. The molecule has 68 valence electrons. The molecule has 0 aromatic heterocycles. The van der Waals surface area contributed by atoms with E-state index in [4.69, 9.17) is 18.1 Å². The van der Waals surface area contributed by atoms with Crippen molar-refractivity contribution >= 4 is 29.7 Å². The van der Waals surface area contributed by atoms with Crippen LogP contribution in [-0.4, -0.2) is 11.8 Å². The Morgan fingerprint density at radius 2 is 2.08 bits per heavy atom. The molecule has 0 aliphatic carbocycles. The Labute approximate surface area is 82.0 Å². The molecule has 0 aliphatic heterocycles. The minimum absolute atomic E-state index is 0.307. The molecule has 0 radical (unpaired) electrons. The number of benzene rings is 1. The molecule has 5 heteroatoms. The van der Waals surface area contributed by atoms with Gasteiger partial charge in [0.2, 0.25) is 5.11 Å². The largest absolute Gasteiger partial charge is 0.299 e. The van der Waals surface area contributed by atoms with Crippen LogP contribution in [0.5, 0.6) is 0 Å². The third-order valence-corrected chi connectivity index (χ3v) is 1.75. The molecule has 1 rings (SSSR count). The number of para-hydroxylation sites is 1. The lowest BCUT2D eigenvalue weighted by molar-refractivity contribution is 0.983. The minimum atomic E-state index is 0.307. The highest BCUT2D eigenvalue weighted by atomic mass is 32.1. The van der Waals surface area contributed by atoms with E-state index in [2.05, 4.69) is 17.2 Å². The van der Waals surface area contributed by atoms with Gasteiger partial charge in [-0.2, -0.15) is 5.10 Å². The lowest BCUT2D eigenvalue weighted by Gasteiger charge is -2.17. The Balaban J connectivity index is 2.91. The maximum absolute atomic E-state index is 5.17. The standard InChI is InChI=1S/C8H10N4S/c1-10-12(8(13)11-9)7-5-3-2-4-6-7/h2-6H,1,9H2,(H,11,13). The van der Waals surface area contributed by atoms with Gasteiger partial charge in [0, 0.05) is 6.72 Å². The molecule has 0 bridgehead atoms. The van der Waals surface area contributed by atoms with Gasteiger partial charge in [0.25, 0.3) is 0 Å². The molecule has 0 heterocycles. The average Bonchev–Trinajstić information content (AvgIpc) is 2.20. The van der Waals surface area contributed by atoms with Gasteiger partial charge in [-0.3, -0.25) is 5.43 Å². The SMILES string of the molecule is C=NN(C(=S)NN)c1ccccc1. The Hall–Kier alpha value is -1.46. The molecule has 0 saturated carbocycles. The summed E-state index contributed by atoms with van der Waals surface area (Å²) >= 11 is 4.91. The van der Waals surface area contributed by atoms with E-state index in [-0.39, 0.29) is 0 Å². The highest BCUT2D eigenvalue weighted by Gasteiger charge is 2.06. The zero-order chi connectivity index (χ0) is 9.68. The van der Waals surface area contributed by atoms with Gasteiger partial charge in [0.1, 0.15) is 0 Å². The monoisotopic (exact) mass is 194 g/mol. The van der Waals surface area contributed by atoms with E-state index in [1.54, 1.807) is 0 Å². The fourth-order valence-corrected chi connectivity index (χ4v) is 1.06. The summed E-state index contributed by atoms with van der Waals surface area (Å²) in [7, 11) is 0. The summed E-state index contributed by atoms with van der Waals surface area (Å²) in [6, 6.07) is 9.39. The second-order valence-corrected chi connectivity index (χ2v) is 2.62. The van der Waals surface area contributed by atoms with Crippen LogP contribution in [0.15, 0.2) is 35.4 Å². The van der Waals surface area contributed by atoms with Gasteiger partial charge in [-0.25, -0.2) is 10.9 Å². The number of hydrazine groups is 1. The molecule has 0 fully saturated rings. The van der Waals surface area contributed by atoms with Gasteiger partial charge in [-0.1, -0.05) is 18.2 Å². The van der Waals surface area contributed by atoms with Crippen molar-refractivity contribution in [2.45, 2.75) is 0 Å². The van der Waals surface area contributed by atoms with Gasteiger partial charge in [0.05, 0.1) is 5.69 Å². The van der Waals surface area contributed by atoms with Crippen molar-refractivity contribution in [2.75, 3.05) is 5.01 Å². The van der Waals surface area contributed by atoms with Gasteiger partial charge in [0.15, 0.2) is 0 Å². The number of hydrogen-bond donors (Lipinski definition) is 2. The van der Waals surface area contributed by atoms with Gasteiger partial charge >= 0.3 is 0 Å². The van der Waals surface area contributed by atoms with Gasteiger partial charge < -0.3 is 0 Å². The van der Waals surface area contributed by atoms with Crippen LogP contribution in [0, 0.1) is 0 Å². The van der Waals surface area contributed by atoms with E-state index in [1.807, 2.05) is 30.3 Å². The number of nitrogens with two attached hydrogens (primary N) is 1. The van der Waals surface area contributed by atoms with Crippen LogP contribution in [-0.2, 0) is 0 Å². The van der Waals surface area contributed by atoms with Crippen molar-refractivity contribution in [3.63, 3.8) is 0 Å². The van der Waals surface area contributed by atoms with Crippen molar-refractivity contribution in [3.8, 4) is 0 Å². The van der Waals surface area contributed by atoms with Crippen LogP contribution in [0.3, 0.4) is 0 Å². The topological polar surface area (TPSA) is 53.6 Å². The predicted molar refractivity (Wildman–Crippen MR) is 58.4 cm³/mol. The zero-order valence-electron chi connectivity index (χ0n) is 6.97. The Kier molecular flexibility index (Phi) is 3.36. The second kappa shape index (κ2) is 4.54. The van der Waals surface area contributed by atoms with Crippen LogP contribution in [0.1, 0.15) is 0 Å². The third-order valence-electron chi connectivity index (χ3n) is 1.46. The summed E-state index contributed by atoms with van der Waals surface area (Å²) in [5.74, 6) is 5.17. The molecule has 0 amide bonds. The van der Waals surface area contributed by atoms with E-state index in [0.29, 0.717) is 5.11 Å². The summed E-state index contributed by atoms with van der Waals surface area (Å²) in [4.78, 5) is 0. The quantitative estimate of drug-likeness (QED) is 0.317. The number of hydrazone groups is 1. The first-order valence-corrected chi connectivity index (χ1v) is 4.03. The summed E-state index contributed by atoms with van der Waals surface area (Å²) in [6.45, 7) is 3.40. The minimum Gasteiger partial charge on any atom is -0.299 e. The molecule has 3 N–H and O–H groups in total. The Morgan fingerprint density at radius 3 is 2.54 bits per heavy atom. The molecule has 0 spiro atoms. The maximum Gasteiger partial charge on any atom is 0.208 e. The van der Waals surface area contributed by atoms with E-state index in [9.17, 15) is 0 Å². The first-order valence-electron chi connectivity index (χ1n) is 3.62. The molecule has 0 unspecified atom stereocenters. The van der Waals surface area contributed by atoms with Crippen molar-refractivity contribution in [3.05, 3.63) is 30.3 Å². The van der Waals surface area contributed by atoms with Crippen LogP contribution >= 0.6 is 12.2 Å². The highest BCUT2D eigenvalue weighted by Crippen LogP contribution is 2.12. The molecule has 13 heavy (non-hydrogen) atoms. The van der Waals surface area contributed by atoms with Gasteiger partial charge in [-0.15, -0.1) is 0 Å². The number of thiocarbonyl (C=S) groups is 1. The molecular weight excluding hydrogens is 184 g/mol. The second-order valence-electron chi connectivity index (χ2n) is 2.24. The molecule has 4 nitrogen and oxygen atoms in total. The fraction of sp³-hybridized carbons (Fsp3) is 0. The van der Waals surface area contributed by atoms with E-state index >= 15 is 0 Å². The molecule has 0 saturated heterocycles. The Bertz CT molecular complexity index is 298. The average molecular weight is 194 g/mol. The fourth-order valence-electron chi connectivity index (χ4n) is 0.893. The molecule has 0 aliphatic rings. The summed E-state index contributed by atoms with van der Waals surface area (Å²) in [6.07, 6.45) is 0. The van der Waals surface area contributed by atoms with Gasteiger partial charge in [-0.05, 0) is 24.4 Å². The number of rotatable bonds is 2. The van der Waals surface area contributed by atoms with E-state index in [1.165, 1.54) is 5.01 Å². The maximum atomic E-state index is 5.17. The molecular formula is C8H10N4S. The summed E-state index contributed by atoms with van der Waals surface area (Å²) in [5.41, 5.74) is 3.16. The van der Waals surface area contributed by atoms with E-state index in [0.717, 1.165) is 5.69 Å². The van der Waals surface area contributed by atoms with Crippen LogP contribution < -0.4 is 16.3 Å². The summed E-state index contributed by atoms with van der Waals surface area (Å²) < 4.78 is 0. The van der Waals surface area contributed by atoms with Crippen molar-refractivity contribution in [1.29, 1.82) is 0 Å². The van der Waals surface area contributed by atoms with Crippen LogP contribution in [0.2, 0.25) is 0 Å². The first-order chi connectivity index (χ1) is 6.29. The van der Waals surface area contributed by atoms with Crippen LogP contribution in [0.4, 0.5) is 5.69 Å². The number of anilines is 1. The Morgan fingerprint density at radius 1 is 1.46 bits per heavy atom. The zero-order valence-corrected chi connectivity index (χ0v) is 7.79. The summed E-state index contributed by atoms with van der Waals surface area (Å²) in [5, 5.41) is 5.48. The van der Waals surface area contributed by atoms with Crippen LogP contribution in [0.25, 0.3) is 0 Å². The van der Waals surface area contributed by atoms with E-state index < -0.39 is 0 Å². The lowest BCUT2D eigenvalue weighted by atomic mass is 10.3. The predicted octanol–water partition coefficient (Wildman–Crippen LogP) is 0.857. The number of nitrogens with zero attached hydrogens (tertiary/aromatic N) is 2. The molecule has 1 aromatic rings. The van der Waals surface area contributed by atoms with Crippen molar-refractivity contribution in [2.24, 2.45) is 10.9 Å². The first kappa shape index (κ1) is 9.63. The highest BCUT2D eigenvalue weighted by molar-refractivity contribution is 7.80. The number of nitrogens with one attached hydrogen (secondary N) is 1. The number of hydrogen-bond acceptors (Lipinski definition) is 3. The van der Waals surface area contributed by atoms with Crippen molar-refractivity contribution in [1.82, 2.24) is 5.43 Å². The normalized spacial score (nSPS) is 9.00. The smallest absolute Gasteiger partial charge is 0.208 e. The third kappa shape index (κ3) is 2.24. The lowest BCUT2D eigenvalue weighted by Crippen LogP contribution is -2.40. The molecule has 0 atom stereocenters. The van der Waals surface area contributed by atoms with Crippen molar-refractivity contribution < 1.29 is 0 Å².